The van der Waals surface area contributed by atoms with Crippen molar-refractivity contribution in [3.63, 3.8) is 0 Å². The molecule has 0 saturated carbocycles. The number of halogens is 1. The number of aromatic carboxylic acids is 1. The first-order chi connectivity index (χ1) is 7.56. The second-order valence-electron chi connectivity index (χ2n) is 3.55. The number of hydrogen-bond donors (Lipinski definition) is 4. The largest absolute Gasteiger partial charge is 0.507 e. The first-order valence-corrected chi connectivity index (χ1v) is 4.99. The summed E-state index contributed by atoms with van der Waals surface area (Å²) >= 11 is 0. The highest BCUT2D eigenvalue weighted by atomic mass is 35.5. The van der Waals surface area contributed by atoms with Crippen molar-refractivity contribution in [3.05, 3.63) is 29.3 Å². The van der Waals surface area contributed by atoms with E-state index in [2.05, 4.69) is 0 Å². The van der Waals surface area contributed by atoms with Gasteiger partial charge in [-0.25, -0.2) is 4.79 Å². The monoisotopic (exact) mass is 261 g/mol. The minimum atomic E-state index is -1.19. The lowest BCUT2D eigenvalue weighted by atomic mass is 10.0. The van der Waals surface area contributed by atoms with Crippen LogP contribution in [0.25, 0.3) is 0 Å². The predicted octanol–water partition coefficient (Wildman–Crippen LogP) is 1.28. The Balaban J connectivity index is 0.00000256. The fourth-order valence-corrected chi connectivity index (χ4v) is 1.43. The Morgan fingerprint density at radius 3 is 2.59 bits per heavy atom. The maximum Gasteiger partial charge on any atom is 0.339 e. The molecule has 0 aliphatic carbocycles. The number of hydrogen-bond acceptors (Lipinski definition) is 4. The summed E-state index contributed by atoms with van der Waals surface area (Å²) in [6, 6.07) is 3.94. The van der Waals surface area contributed by atoms with E-state index in [1.807, 2.05) is 0 Å². The van der Waals surface area contributed by atoms with E-state index < -0.39 is 5.97 Å². The summed E-state index contributed by atoms with van der Waals surface area (Å²) in [6.45, 7) is 0.0531. The summed E-state index contributed by atoms with van der Waals surface area (Å²) < 4.78 is 0. The average Bonchev–Trinajstić information content (AvgIpc) is 2.26. The summed E-state index contributed by atoms with van der Waals surface area (Å²) in [4.78, 5) is 10.8. The molecule has 1 atom stereocenters. The van der Waals surface area contributed by atoms with Gasteiger partial charge in [0.1, 0.15) is 11.3 Å². The molecule has 1 aromatic carbocycles. The van der Waals surface area contributed by atoms with Gasteiger partial charge in [-0.2, -0.15) is 0 Å². The van der Waals surface area contributed by atoms with Crippen LogP contribution in [-0.2, 0) is 0 Å². The topological polar surface area (TPSA) is 104 Å². The standard InChI is InChI=1S/C11H15NO4.ClH/c12-9(2-1-5-13)7-3-4-10(14)8(6-7)11(15)16;/h3-4,6,9,13-14H,1-2,5,12H2,(H,15,16);1H/t9-;/m0./s1. The first kappa shape index (κ1) is 15.7. The molecule has 0 fully saturated rings. The molecule has 0 aliphatic rings. The zero-order chi connectivity index (χ0) is 12.1. The van der Waals surface area contributed by atoms with Crippen LogP contribution in [0, 0.1) is 0 Å². The molecule has 0 amide bonds. The van der Waals surface area contributed by atoms with E-state index in [0.29, 0.717) is 18.4 Å². The Bertz CT molecular complexity index is 384. The van der Waals surface area contributed by atoms with Gasteiger partial charge >= 0.3 is 5.97 Å². The van der Waals surface area contributed by atoms with Gasteiger partial charge in [0.15, 0.2) is 0 Å². The van der Waals surface area contributed by atoms with Gasteiger partial charge in [-0.15, -0.1) is 12.4 Å². The third-order valence-electron chi connectivity index (χ3n) is 2.35. The molecule has 5 N–H and O–H groups in total. The van der Waals surface area contributed by atoms with Gasteiger partial charge in [0.05, 0.1) is 0 Å². The molecule has 0 bridgehead atoms. The third kappa shape index (κ3) is 4.22. The number of aromatic hydroxyl groups is 1. The zero-order valence-corrected chi connectivity index (χ0v) is 9.98. The molecule has 0 saturated heterocycles. The molecule has 96 valence electrons. The first-order valence-electron chi connectivity index (χ1n) is 4.99. The van der Waals surface area contributed by atoms with Crippen LogP contribution >= 0.6 is 12.4 Å². The zero-order valence-electron chi connectivity index (χ0n) is 9.17. The van der Waals surface area contributed by atoms with Crippen LogP contribution in [0.3, 0.4) is 0 Å². The minimum Gasteiger partial charge on any atom is -0.507 e. The lowest BCUT2D eigenvalue weighted by Gasteiger charge is -2.12. The van der Waals surface area contributed by atoms with Crippen LogP contribution in [0.2, 0.25) is 0 Å². The van der Waals surface area contributed by atoms with Crippen molar-refractivity contribution in [2.45, 2.75) is 18.9 Å². The Labute approximate surface area is 105 Å². The summed E-state index contributed by atoms with van der Waals surface area (Å²) in [6.07, 6.45) is 1.13. The van der Waals surface area contributed by atoms with E-state index in [4.69, 9.17) is 15.9 Å². The van der Waals surface area contributed by atoms with Crippen LogP contribution < -0.4 is 5.73 Å². The van der Waals surface area contributed by atoms with Crippen molar-refractivity contribution in [1.29, 1.82) is 0 Å². The summed E-state index contributed by atoms with van der Waals surface area (Å²) in [5.41, 5.74) is 6.30. The van der Waals surface area contributed by atoms with Crippen LogP contribution in [0.4, 0.5) is 0 Å². The van der Waals surface area contributed by atoms with Crippen LogP contribution in [0.5, 0.6) is 5.75 Å². The summed E-state index contributed by atoms with van der Waals surface area (Å²) in [7, 11) is 0. The van der Waals surface area contributed by atoms with Gasteiger partial charge in [0.2, 0.25) is 0 Å². The molecular formula is C11H16ClNO4. The van der Waals surface area contributed by atoms with Gasteiger partial charge in [-0.3, -0.25) is 0 Å². The number of nitrogens with two attached hydrogens (primary N) is 1. The van der Waals surface area contributed by atoms with Gasteiger partial charge < -0.3 is 21.1 Å². The SMILES string of the molecule is Cl.N[C@@H](CCCO)c1ccc(O)c(C(=O)O)c1. The number of phenols is 1. The quantitative estimate of drug-likeness (QED) is 0.639. The molecule has 0 aliphatic heterocycles. The van der Waals surface area contributed by atoms with E-state index in [-0.39, 0.29) is 36.4 Å². The average molecular weight is 262 g/mol. The second kappa shape index (κ2) is 7.11. The van der Waals surface area contributed by atoms with Crippen molar-refractivity contribution in [1.82, 2.24) is 0 Å². The minimum absolute atomic E-state index is 0. The number of aliphatic hydroxyl groups is 1. The highest BCUT2D eigenvalue weighted by Crippen LogP contribution is 2.23. The molecule has 0 radical (unpaired) electrons. The molecule has 0 aromatic heterocycles. The fourth-order valence-electron chi connectivity index (χ4n) is 1.43. The molecule has 0 unspecified atom stereocenters. The Morgan fingerprint density at radius 2 is 2.06 bits per heavy atom. The van der Waals surface area contributed by atoms with Crippen molar-refractivity contribution in [2.24, 2.45) is 5.73 Å². The third-order valence-corrected chi connectivity index (χ3v) is 2.35. The van der Waals surface area contributed by atoms with Gasteiger partial charge in [0, 0.05) is 12.6 Å². The smallest absolute Gasteiger partial charge is 0.339 e. The molecule has 0 spiro atoms. The predicted molar refractivity (Wildman–Crippen MR) is 65.6 cm³/mol. The van der Waals surface area contributed by atoms with E-state index in [9.17, 15) is 9.90 Å². The molecular weight excluding hydrogens is 246 g/mol. The molecule has 0 heterocycles. The molecule has 17 heavy (non-hydrogen) atoms. The van der Waals surface area contributed by atoms with Gasteiger partial charge in [0.25, 0.3) is 0 Å². The van der Waals surface area contributed by atoms with E-state index in [1.165, 1.54) is 12.1 Å². The Kier molecular flexibility index (Phi) is 6.57. The van der Waals surface area contributed by atoms with Crippen molar-refractivity contribution in [2.75, 3.05) is 6.61 Å². The van der Waals surface area contributed by atoms with Crippen molar-refractivity contribution >= 4 is 18.4 Å². The second-order valence-corrected chi connectivity index (χ2v) is 3.55. The Morgan fingerprint density at radius 1 is 1.41 bits per heavy atom. The van der Waals surface area contributed by atoms with E-state index >= 15 is 0 Å². The number of carboxylic acids is 1. The van der Waals surface area contributed by atoms with E-state index in [0.717, 1.165) is 0 Å². The molecule has 5 nitrogen and oxygen atoms in total. The molecule has 6 heteroatoms. The fraction of sp³-hybridized carbons (Fsp3) is 0.364. The van der Waals surface area contributed by atoms with Crippen molar-refractivity contribution in [3.8, 4) is 5.75 Å². The van der Waals surface area contributed by atoms with Crippen LogP contribution in [0.15, 0.2) is 18.2 Å². The lowest BCUT2D eigenvalue weighted by Crippen LogP contribution is -2.11. The van der Waals surface area contributed by atoms with Crippen molar-refractivity contribution < 1.29 is 20.1 Å². The van der Waals surface area contributed by atoms with Crippen LogP contribution in [0.1, 0.15) is 34.8 Å². The van der Waals surface area contributed by atoms with Crippen LogP contribution in [-0.4, -0.2) is 27.9 Å². The number of aliphatic hydroxyl groups excluding tert-OH is 1. The molecule has 1 aromatic rings. The summed E-state index contributed by atoms with van der Waals surface area (Å²) in [5.74, 6) is -1.46. The number of benzene rings is 1. The number of rotatable bonds is 5. The highest BCUT2D eigenvalue weighted by Gasteiger charge is 2.13. The van der Waals surface area contributed by atoms with Gasteiger partial charge in [-0.1, -0.05) is 6.07 Å². The highest BCUT2D eigenvalue weighted by molar-refractivity contribution is 5.90. The maximum absolute atomic E-state index is 10.8. The molecule has 1 rings (SSSR count). The van der Waals surface area contributed by atoms with E-state index in [1.54, 1.807) is 6.07 Å². The lowest BCUT2D eigenvalue weighted by molar-refractivity contribution is 0.0693. The Hall–Kier alpha value is -1.30. The number of carboxylic acid groups (broad SMARTS) is 1. The normalized spacial score (nSPS) is 11.6. The van der Waals surface area contributed by atoms with Gasteiger partial charge in [-0.05, 0) is 30.5 Å². The summed E-state index contributed by atoms with van der Waals surface area (Å²) in [5, 5.41) is 26.8. The maximum atomic E-state index is 10.8. The number of carbonyl (C=O) groups is 1.